The van der Waals surface area contributed by atoms with Crippen LogP contribution < -0.4 is 11.1 Å². The van der Waals surface area contributed by atoms with Crippen LogP contribution in [-0.2, 0) is 6.42 Å². The maximum atomic E-state index is 6.03. The second-order valence-corrected chi connectivity index (χ2v) is 10.5. The van der Waals surface area contributed by atoms with Crippen LogP contribution in [0.3, 0.4) is 0 Å². The summed E-state index contributed by atoms with van der Waals surface area (Å²) >= 11 is 0. The lowest BCUT2D eigenvalue weighted by Crippen LogP contribution is -2.18. The number of hydrogen-bond acceptors (Lipinski definition) is 4. The van der Waals surface area contributed by atoms with Gasteiger partial charge in [0.05, 0.1) is 29.3 Å². The Labute approximate surface area is 197 Å². The molecule has 0 saturated heterocycles. The van der Waals surface area contributed by atoms with Crippen molar-refractivity contribution in [3.05, 3.63) is 77.8 Å². The number of allylic oxidation sites excluding steroid dienone is 2. The first-order chi connectivity index (χ1) is 15.5. The molecule has 2 aromatic heterocycles. The number of nitrogens with zero attached hydrogens (tertiary/aromatic N) is 3. The molecule has 1 aromatic carbocycles. The van der Waals surface area contributed by atoms with Crippen molar-refractivity contribution in [2.45, 2.75) is 59.9 Å². The number of nitrogens with one attached hydrogen (secondary N) is 1. The van der Waals surface area contributed by atoms with E-state index in [1.165, 1.54) is 27.8 Å². The van der Waals surface area contributed by atoms with Gasteiger partial charge in [-0.05, 0) is 78.0 Å². The van der Waals surface area contributed by atoms with Gasteiger partial charge in [0.15, 0.2) is 5.65 Å². The van der Waals surface area contributed by atoms with Gasteiger partial charge in [0.2, 0.25) is 5.95 Å². The third kappa shape index (κ3) is 4.32. The summed E-state index contributed by atoms with van der Waals surface area (Å²) in [5.41, 5.74) is 16.9. The standard InChI is InChI=1S/C28H35N5/c1-16(2)25-13-24(32-26-15-30-27(29)33(25)26)19(5)31-23-12-11-21-18(4)20(9-10-22(21)23)17(3)14-28(6,7)8/h9-10,13,15,23,31H,1,3,5,11-12,14H2,2,4,6-8H3,(H2,29,30)/t23-/m0/s1. The molecule has 0 saturated carbocycles. The minimum Gasteiger partial charge on any atom is -0.377 e. The highest BCUT2D eigenvalue weighted by Gasteiger charge is 2.27. The van der Waals surface area contributed by atoms with Crippen LogP contribution in [0.5, 0.6) is 0 Å². The normalized spacial score (nSPS) is 15.5. The molecular formula is C28H35N5. The van der Waals surface area contributed by atoms with E-state index in [0.29, 0.717) is 11.6 Å². The lowest BCUT2D eigenvalue weighted by Gasteiger charge is -2.23. The highest BCUT2D eigenvalue weighted by molar-refractivity contribution is 5.71. The zero-order valence-corrected chi connectivity index (χ0v) is 20.5. The first kappa shape index (κ1) is 22.8. The number of nitrogen functional groups attached to an aromatic ring is 1. The summed E-state index contributed by atoms with van der Waals surface area (Å²) in [6, 6.07) is 6.68. The smallest absolute Gasteiger partial charge is 0.206 e. The molecule has 0 spiro atoms. The molecule has 172 valence electrons. The molecule has 3 N–H and O–H groups in total. The Balaban J connectivity index is 1.60. The number of anilines is 1. The average Bonchev–Trinajstić information content (AvgIpc) is 3.30. The second kappa shape index (κ2) is 8.22. The minimum atomic E-state index is 0.206. The summed E-state index contributed by atoms with van der Waals surface area (Å²) in [5.74, 6) is 0.407. The quantitative estimate of drug-likeness (QED) is 0.468. The average molecular weight is 442 g/mol. The fraction of sp³-hybridized carbons (Fsp3) is 0.357. The summed E-state index contributed by atoms with van der Waals surface area (Å²) in [6.07, 6.45) is 4.74. The summed E-state index contributed by atoms with van der Waals surface area (Å²) < 4.78 is 1.82. The van der Waals surface area contributed by atoms with Crippen LogP contribution in [0.15, 0.2) is 44.1 Å². The highest BCUT2D eigenvalue weighted by Crippen LogP contribution is 2.39. The molecule has 0 aliphatic heterocycles. The van der Waals surface area contributed by atoms with Crippen molar-refractivity contribution in [1.29, 1.82) is 0 Å². The Morgan fingerprint density at radius 1 is 1.24 bits per heavy atom. The van der Waals surface area contributed by atoms with E-state index in [1.54, 1.807) is 6.20 Å². The minimum absolute atomic E-state index is 0.206. The Hall–Kier alpha value is -3.34. The Kier molecular flexibility index (Phi) is 5.69. The number of hydrogen-bond donors (Lipinski definition) is 2. The van der Waals surface area contributed by atoms with Crippen LogP contribution in [0.2, 0.25) is 0 Å². The SMILES string of the molecule is C=C(N[C@H]1CCc2c1ccc(C(=C)CC(C)(C)C)c2C)c1cc(C(=C)C)n2c(N)ncc2n1. The number of rotatable bonds is 6. The highest BCUT2D eigenvalue weighted by atomic mass is 15.1. The van der Waals surface area contributed by atoms with E-state index >= 15 is 0 Å². The zero-order valence-electron chi connectivity index (χ0n) is 20.5. The van der Waals surface area contributed by atoms with Crippen molar-refractivity contribution in [3.8, 4) is 0 Å². The van der Waals surface area contributed by atoms with Gasteiger partial charge in [0.25, 0.3) is 0 Å². The molecule has 1 atom stereocenters. The van der Waals surface area contributed by atoms with Crippen LogP contribution in [0.25, 0.3) is 22.5 Å². The van der Waals surface area contributed by atoms with Gasteiger partial charge in [-0.3, -0.25) is 4.40 Å². The van der Waals surface area contributed by atoms with Crippen molar-refractivity contribution >= 4 is 28.4 Å². The van der Waals surface area contributed by atoms with Crippen LogP contribution in [0.1, 0.15) is 80.2 Å². The molecule has 33 heavy (non-hydrogen) atoms. The number of imidazole rings is 1. The molecule has 5 heteroatoms. The topological polar surface area (TPSA) is 68.2 Å². The second-order valence-electron chi connectivity index (χ2n) is 10.5. The van der Waals surface area contributed by atoms with Crippen molar-refractivity contribution in [2.24, 2.45) is 5.41 Å². The molecule has 0 unspecified atom stereocenters. The Morgan fingerprint density at radius 2 is 1.97 bits per heavy atom. The van der Waals surface area contributed by atoms with Gasteiger partial charge in [0, 0.05) is 0 Å². The molecule has 1 aliphatic carbocycles. The first-order valence-electron chi connectivity index (χ1n) is 11.5. The van der Waals surface area contributed by atoms with E-state index in [0.717, 1.165) is 41.9 Å². The van der Waals surface area contributed by atoms with E-state index in [9.17, 15) is 0 Å². The number of aromatic nitrogens is 3. The Morgan fingerprint density at radius 3 is 2.64 bits per heavy atom. The predicted octanol–water partition coefficient (Wildman–Crippen LogP) is 6.35. The molecule has 5 nitrogen and oxygen atoms in total. The molecule has 0 amide bonds. The first-order valence-corrected chi connectivity index (χ1v) is 11.5. The zero-order chi connectivity index (χ0) is 24.1. The van der Waals surface area contributed by atoms with E-state index in [-0.39, 0.29) is 11.5 Å². The van der Waals surface area contributed by atoms with Gasteiger partial charge in [-0.15, -0.1) is 0 Å². The molecule has 0 radical (unpaired) electrons. The monoisotopic (exact) mass is 441 g/mol. The number of nitrogens with two attached hydrogens (primary N) is 1. The lowest BCUT2D eigenvalue weighted by atomic mass is 9.83. The Bertz CT molecular complexity index is 1290. The maximum absolute atomic E-state index is 6.03. The van der Waals surface area contributed by atoms with Crippen molar-refractivity contribution in [1.82, 2.24) is 19.7 Å². The van der Waals surface area contributed by atoms with E-state index in [1.807, 2.05) is 17.4 Å². The molecule has 0 fully saturated rings. The molecule has 4 rings (SSSR count). The van der Waals surface area contributed by atoms with Gasteiger partial charge in [0.1, 0.15) is 0 Å². The third-order valence-electron chi connectivity index (χ3n) is 6.43. The van der Waals surface area contributed by atoms with Crippen LogP contribution in [-0.4, -0.2) is 14.4 Å². The van der Waals surface area contributed by atoms with Crippen molar-refractivity contribution in [2.75, 3.05) is 5.73 Å². The fourth-order valence-corrected chi connectivity index (χ4v) is 4.93. The molecule has 2 heterocycles. The fourth-order valence-electron chi connectivity index (χ4n) is 4.93. The number of fused-ring (bicyclic) bond motifs is 2. The van der Waals surface area contributed by atoms with Crippen molar-refractivity contribution < 1.29 is 0 Å². The number of benzene rings is 1. The van der Waals surface area contributed by atoms with Gasteiger partial charge in [-0.2, -0.15) is 0 Å². The van der Waals surface area contributed by atoms with Gasteiger partial charge >= 0.3 is 0 Å². The largest absolute Gasteiger partial charge is 0.377 e. The van der Waals surface area contributed by atoms with Crippen molar-refractivity contribution in [3.63, 3.8) is 0 Å². The molecular weight excluding hydrogens is 406 g/mol. The van der Waals surface area contributed by atoms with Crippen LogP contribution in [0.4, 0.5) is 5.95 Å². The summed E-state index contributed by atoms with van der Waals surface area (Å²) in [5, 5.41) is 3.63. The third-order valence-corrected chi connectivity index (χ3v) is 6.43. The summed E-state index contributed by atoms with van der Waals surface area (Å²) in [4.78, 5) is 8.94. The van der Waals surface area contributed by atoms with Gasteiger partial charge in [-0.25, -0.2) is 9.97 Å². The summed E-state index contributed by atoms with van der Waals surface area (Å²) in [6.45, 7) is 23.8. The maximum Gasteiger partial charge on any atom is 0.206 e. The lowest BCUT2D eigenvalue weighted by molar-refractivity contribution is 0.427. The molecule has 3 aromatic rings. The predicted molar refractivity (Wildman–Crippen MR) is 140 cm³/mol. The summed E-state index contributed by atoms with van der Waals surface area (Å²) in [7, 11) is 0. The van der Waals surface area contributed by atoms with Crippen LogP contribution >= 0.6 is 0 Å². The van der Waals surface area contributed by atoms with E-state index in [2.05, 4.69) is 69.9 Å². The van der Waals surface area contributed by atoms with Crippen LogP contribution in [0, 0.1) is 12.3 Å². The van der Waals surface area contributed by atoms with E-state index in [4.69, 9.17) is 10.7 Å². The van der Waals surface area contributed by atoms with E-state index < -0.39 is 0 Å². The molecule has 1 aliphatic rings. The van der Waals surface area contributed by atoms with Gasteiger partial charge < -0.3 is 11.1 Å². The van der Waals surface area contributed by atoms with Gasteiger partial charge in [-0.1, -0.05) is 52.6 Å². The molecule has 0 bridgehead atoms.